The fourth-order valence-electron chi connectivity index (χ4n) is 3.52. The number of hydrogen-bond acceptors (Lipinski definition) is 5. The van der Waals surface area contributed by atoms with Crippen molar-refractivity contribution >= 4 is 11.7 Å². The summed E-state index contributed by atoms with van der Waals surface area (Å²) < 4.78 is 6.58. The normalized spacial score (nSPS) is 13.3. The molecule has 1 aliphatic rings. The molecule has 1 saturated heterocycles. The lowest BCUT2D eigenvalue weighted by Gasteiger charge is -2.17. The van der Waals surface area contributed by atoms with E-state index in [0.717, 1.165) is 43.1 Å². The van der Waals surface area contributed by atoms with Crippen molar-refractivity contribution in [3.8, 4) is 11.4 Å². The van der Waals surface area contributed by atoms with Crippen LogP contribution in [0.5, 0.6) is 5.75 Å². The maximum absolute atomic E-state index is 12.5. The minimum Gasteiger partial charge on any atom is -0.497 e. The van der Waals surface area contributed by atoms with Gasteiger partial charge in [-0.2, -0.15) is 4.68 Å². The highest BCUT2D eigenvalue weighted by Gasteiger charge is 2.15. The average Bonchev–Trinajstić information content (AvgIpc) is 3.33. The lowest BCUT2D eigenvalue weighted by Crippen LogP contribution is -2.26. The standard InChI is InChI=1S/C23H24N4O3/c1-30-20-6-4-5-17(15-20)16-24-23(29)18-7-9-19(10-8-18)27-22(28)12-11-21(25-27)26-13-2-3-14-26/h4-12,15H,2-3,13-14,16H2,1H3,(H,24,29). The molecule has 30 heavy (non-hydrogen) atoms. The van der Waals surface area contributed by atoms with E-state index in [4.69, 9.17) is 4.74 Å². The molecule has 1 N–H and O–H groups in total. The van der Waals surface area contributed by atoms with Gasteiger partial charge in [-0.05, 0) is 60.9 Å². The molecule has 7 heteroatoms. The Bertz CT molecular complexity index is 1090. The number of nitrogens with zero attached hydrogens (tertiary/aromatic N) is 3. The first-order valence-corrected chi connectivity index (χ1v) is 10.0. The molecule has 0 radical (unpaired) electrons. The molecule has 0 bridgehead atoms. The lowest BCUT2D eigenvalue weighted by molar-refractivity contribution is 0.0951. The van der Waals surface area contributed by atoms with Crippen molar-refractivity contribution < 1.29 is 9.53 Å². The van der Waals surface area contributed by atoms with E-state index in [1.165, 1.54) is 10.7 Å². The number of benzene rings is 2. The van der Waals surface area contributed by atoms with Gasteiger partial charge < -0.3 is 15.0 Å². The van der Waals surface area contributed by atoms with E-state index in [2.05, 4.69) is 15.3 Å². The number of rotatable bonds is 6. The van der Waals surface area contributed by atoms with Crippen LogP contribution >= 0.6 is 0 Å². The van der Waals surface area contributed by atoms with Crippen molar-refractivity contribution in [1.29, 1.82) is 0 Å². The summed E-state index contributed by atoms with van der Waals surface area (Å²) in [6.45, 7) is 2.31. The van der Waals surface area contributed by atoms with Crippen molar-refractivity contribution in [2.45, 2.75) is 19.4 Å². The van der Waals surface area contributed by atoms with Crippen LogP contribution in [0.4, 0.5) is 5.82 Å². The third kappa shape index (κ3) is 4.35. The van der Waals surface area contributed by atoms with Crippen LogP contribution in [0.1, 0.15) is 28.8 Å². The Balaban J connectivity index is 1.46. The summed E-state index contributed by atoms with van der Waals surface area (Å²) in [4.78, 5) is 27.0. The van der Waals surface area contributed by atoms with Gasteiger partial charge in [0.1, 0.15) is 11.6 Å². The quantitative estimate of drug-likeness (QED) is 0.684. The Labute approximate surface area is 174 Å². The zero-order chi connectivity index (χ0) is 20.9. The summed E-state index contributed by atoms with van der Waals surface area (Å²) in [5.41, 5.74) is 1.90. The highest BCUT2D eigenvalue weighted by Crippen LogP contribution is 2.17. The largest absolute Gasteiger partial charge is 0.497 e. The monoisotopic (exact) mass is 404 g/mol. The molecule has 0 aliphatic carbocycles. The second kappa shape index (κ2) is 8.82. The number of carbonyl (C=O) groups is 1. The zero-order valence-electron chi connectivity index (χ0n) is 16.9. The molecule has 2 heterocycles. The first-order valence-electron chi connectivity index (χ1n) is 10.0. The van der Waals surface area contributed by atoms with Crippen molar-refractivity contribution in [2.75, 3.05) is 25.1 Å². The number of aromatic nitrogens is 2. The molecule has 0 saturated carbocycles. The second-order valence-electron chi connectivity index (χ2n) is 7.22. The first-order chi connectivity index (χ1) is 14.6. The summed E-state index contributed by atoms with van der Waals surface area (Å²) in [5.74, 6) is 1.36. The predicted molar refractivity (Wildman–Crippen MR) is 115 cm³/mol. The summed E-state index contributed by atoms with van der Waals surface area (Å²) in [7, 11) is 1.61. The van der Waals surface area contributed by atoms with E-state index in [1.807, 2.05) is 24.3 Å². The van der Waals surface area contributed by atoms with Gasteiger partial charge in [0.2, 0.25) is 0 Å². The number of hydrogen-bond donors (Lipinski definition) is 1. The van der Waals surface area contributed by atoms with Crippen molar-refractivity contribution in [2.24, 2.45) is 0 Å². The molecule has 1 aliphatic heterocycles. The van der Waals surface area contributed by atoms with Crippen molar-refractivity contribution in [1.82, 2.24) is 15.1 Å². The molecule has 3 aromatic rings. The topological polar surface area (TPSA) is 76.5 Å². The Hall–Kier alpha value is -3.61. The fraction of sp³-hybridized carbons (Fsp3) is 0.261. The molecular weight excluding hydrogens is 380 g/mol. The van der Waals surface area contributed by atoms with E-state index in [0.29, 0.717) is 17.8 Å². The van der Waals surface area contributed by atoms with Crippen LogP contribution < -0.4 is 20.5 Å². The molecule has 1 fully saturated rings. The molecule has 1 amide bonds. The van der Waals surface area contributed by atoms with Gasteiger partial charge in [-0.3, -0.25) is 9.59 Å². The van der Waals surface area contributed by atoms with Crippen LogP contribution in [0.15, 0.2) is 65.5 Å². The van der Waals surface area contributed by atoms with Crippen molar-refractivity contribution in [3.63, 3.8) is 0 Å². The van der Waals surface area contributed by atoms with Gasteiger partial charge >= 0.3 is 0 Å². The van der Waals surface area contributed by atoms with Crippen molar-refractivity contribution in [3.05, 3.63) is 82.1 Å². The van der Waals surface area contributed by atoms with Gasteiger partial charge in [0.15, 0.2) is 0 Å². The van der Waals surface area contributed by atoms with Crippen LogP contribution in [0.2, 0.25) is 0 Å². The fourth-order valence-corrected chi connectivity index (χ4v) is 3.52. The smallest absolute Gasteiger partial charge is 0.271 e. The number of methoxy groups -OCH3 is 1. The summed E-state index contributed by atoms with van der Waals surface area (Å²) in [6, 6.07) is 17.7. The van der Waals surface area contributed by atoms with Gasteiger partial charge in [0.05, 0.1) is 12.8 Å². The molecule has 4 rings (SSSR count). The van der Waals surface area contributed by atoms with E-state index >= 15 is 0 Å². The zero-order valence-corrected chi connectivity index (χ0v) is 16.9. The van der Waals surface area contributed by atoms with Crippen LogP contribution in [0.3, 0.4) is 0 Å². The van der Waals surface area contributed by atoms with Gasteiger partial charge in [0.25, 0.3) is 11.5 Å². The molecule has 7 nitrogen and oxygen atoms in total. The second-order valence-corrected chi connectivity index (χ2v) is 7.22. The van der Waals surface area contributed by atoms with Gasteiger partial charge in [0, 0.05) is 31.3 Å². The Morgan fingerprint density at radius 3 is 2.57 bits per heavy atom. The van der Waals surface area contributed by atoms with Gasteiger partial charge in [-0.1, -0.05) is 12.1 Å². The lowest BCUT2D eigenvalue weighted by atomic mass is 10.1. The summed E-state index contributed by atoms with van der Waals surface area (Å²) in [5, 5.41) is 7.41. The summed E-state index contributed by atoms with van der Waals surface area (Å²) in [6.07, 6.45) is 2.28. The first kappa shape index (κ1) is 19.7. The van der Waals surface area contributed by atoms with E-state index in [-0.39, 0.29) is 11.5 Å². The van der Waals surface area contributed by atoms with Crippen LogP contribution in [-0.4, -0.2) is 35.9 Å². The Morgan fingerprint density at radius 1 is 1.07 bits per heavy atom. The maximum atomic E-state index is 12.5. The van der Waals surface area contributed by atoms with Gasteiger partial charge in [-0.15, -0.1) is 5.10 Å². The SMILES string of the molecule is COc1cccc(CNC(=O)c2ccc(-n3nc(N4CCCC4)ccc3=O)cc2)c1. The average molecular weight is 404 g/mol. The molecule has 0 atom stereocenters. The number of nitrogens with one attached hydrogen (secondary N) is 1. The highest BCUT2D eigenvalue weighted by molar-refractivity contribution is 5.94. The highest BCUT2D eigenvalue weighted by atomic mass is 16.5. The third-order valence-electron chi connectivity index (χ3n) is 5.18. The number of anilines is 1. The molecular formula is C23H24N4O3. The van der Waals surface area contributed by atoms with Gasteiger partial charge in [-0.25, -0.2) is 0 Å². The molecule has 1 aromatic heterocycles. The van der Waals surface area contributed by atoms with E-state index < -0.39 is 0 Å². The van der Waals surface area contributed by atoms with Crippen LogP contribution in [0, 0.1) is 0 Å². The Kier molecular flexibility index (Phi) is 5.79. The maximum Gasteiger partial charge on any atom is 0.271 e. The van der Waals surface area contributed by atoms with Crippen LogP contribution in [0.25, 0.3) is 5.69 Å². The predicted octanol–water partition coefficient (Wildman–Crippen LogP) is 2.77. The molecule has 0 unspecified atom stereocenters. The number of amides is 1. The number of ether oxygens (including phenoxy) is 1. The molecule has 2 aromatic carbocycles. The Morgan fingerprint density at radius 2 is 1.83 bits per heavy atom. The molecule has 0 spiro atoms. The minimum atomic E-state index is -0.201. The third-order valence-corrected chi connectivity index (χ3v) is 5.18. The van der Waals surface area contributed by atoms with E-state index in [1.54, 1.807) is 37.4 Å². The summed E-state index contributed by atoms with van der Waals surface area (Å²) >= 11 is 0. The molecule has 154 valence electrons. The van der Waals surface area contributed by atoms with E-state index in [9.17, 15) is 9.59 Å². The minimum absolute atomic E-state index is 0.185. The number of carbonyl (C=O) groups excluding carboxylic acids is 1. The van der Waals surface area contributed by atoms with Crippen LogP contribution in [-0.2, 0) is 6.54 Å².